The minimum Gasteiger partial charge on any atom is -0.324 e. The number of rotatable bonds is 1. The molecule has 0 fully saturated rings. The van der Waals surface area contributed by atoms with Crippen LogP contribution < -0.4 is 0 Å². The van der Waals surface area contributed by atoms with Gasteiger partial charge in [-0.15, -0.1) is 0 Å². The number of halogens is 1. The highest BCUT2D eigenvalue weighted by molar-refractivity contribution is 14.1. The standard InChI is InChI=1S/C9H18INO/c1-7(12)11(8(2,3)4)9(5,6)10/h1-6H3. The third kappa shape index (κ3) is 3.29. The molecule has 0 aromatic rings. The van der Waals surface area contributed by atoms with E-state index in [0.717, 1.165) is 0 Å². The Morgan fingerprint density at radius 3 is 1.50 bits per heavy atom. The second-order valence-corrected chi connectivity index (χ2v) is 7.07. The molecule has 0 saturated carbocycles. The van der Waals surface area contributed by atoms with Gasteiger partial charge in [-0.25, -0.2) is 0 Å². The molecule has 1 amide bonds. The van der Waals surface area contributed by atoms with Crippen molar-refractivity contribution in [2.24, 2.45) is 0 Å². The third-order valence-electron chi connectivity index (χ3n) is 1.52. The number of carbonyl (C=O) groups excluding carboxylic acids is 1. The van der Waals surface area contributed by atoms with Crippen molar-refractivity contribution < 1.29 is 4.79 Å². The van der Waals surface area contributed by atoms with Crippen LogP contribution in [0.2, 0.25) is 0 Å². The Morgan fingerprint density at radius 2 is 1.50 bits per heavy atom. The zero-order valence-corrected chi connectivity index (χ0v) is 10.9. The summed E-state index contributed by atoms with van der Waals surface area (Å²) >= 11 is 2.28. The molecule has 72 valence electrons. The first kappa shape index (κ1) is 12.2. The van der Waals surface area contributed by atoms with E-state index in [1.54, 1.807) is 6.92 Å². The van der Waals surface area contributed by atoms with Gasteiger partial charge >= 0.3 is 0 Å². The summed E-state index contributed by atoms with van der Waals surface area (Å²) < 4.78 is -0.123. The van der Waals surface area contributed by atoms with Crippen molar-refractivity contribution in [2.75, 3.05) is 0 Å². The van der Waals surface area contributed by atoms with Gasteiger partial charge in [0.2, 0.25) is 5.91 Å². The SMILES string of the molecule is CC(=O)N(C(C)(C)C)C(C)(C)I. The molecule has 0 bridgehead atoms. The molecule has 0 aliphatic carbocycles. The number of carbonyl (C=O) groups is 1. The molecule has 2 nitrogen and oxygen atoms in total. The maximum atomic E-state index is 11.4. The van der Waals surface area contributed by atoms with E-state index in [0.29, 0.717) is 0 Å². The molecule has 3 heteroatoms. The van der Waals surface area contributed by atoms with E-state index in [1.165, 1.54) is 0 Å². The molecule has 0 N–H and O–H groups in total. The van der Waals surface area contributed by atoms with Crippen LogP contribution in [-0.4, -0.2) is 19.9 Å². The molecule has 0 rings (SSSR count). The molecule has 0 unspecified atom stereocenters. The van der Waals surface area contributed by atoms with Gasteiger partial charge in [-0.2, -0.15) is 0 Å². The van der Waals surface area contributed by atoms with E-state index in [2.05, 4.69) is 43.4 Å². The van der Waals surface area contributed by atoms with Crippen LogP contribution >= 0.6 is 22.6 Å². The van der Waals surface area contributed by atoms with E-state index in [9.17, 15) is 4.79 Å². The van der Waals surface area contributed by atoms with Crippen molar-refractivity contribution in [3.63, 3.8) is 0 Å². The maximum absolute atomic E-state index is 11.4. The molecule has 0 radical (unpaired) electrons. The van der Waals surface area contributed by atoms with Gasteiger partial charge in [0.15, 0.2) is 0 Å². The van der Waals surface area contributed by atoms with Crippen LogP contribution in [0.5, 0.6) is 0 Å². The summed E-state index contributed by atoms with van der Waals surface area (Å²) in [6.45, 7) is 11.9. The Balaban J connectivity index is 4.82. The van der Waals surface area contributed by atoms with Gasteiger partial charge in [0.25, 0.3) is 0 Å². The third-order valence-corrected chi connectivity index (χ3v) is 2.00. The topological polar surface area (TPSA) is 20.3 Å². The van der Waals surface area contributed by atoms with E-state index in [4.69, 9.17) is 0 Å². The molecular formula is C9H18INO. The maximum Gasteiger partial charge on any atom is 0.220 e. The fourth-order valence-corrected chi connectivity index (χ4v) is 2.71. The van der Waals surface area contributed by atoms with Gasteiger partial charge < -0.3 is 4.90 Å². The molecule has 0 aliphatic heterocycles. The van der Waals surface area contributed by atoms with E-state index in [1.807, 2.05) is 18.7 Å². The van der Waals surface area contributed by atoms with Crippen LogP contribution in [0.25, 0.3) is 0 Å². The lowest BCUT2D eigenvalue weighted by molar-refractivity contribution is -0.136. The molecule has 0 spiro atoms. The average Bonchev–Trinajstić information content (AvgIpc) is 1.49. The van der Waals surface area contributed by atoms with Crippen molar-refractivity contribution in [3.8, 4) is 0 Å². The molecule has 12 heavy (non-hydrogen) atoms. The van der Waals surface area contributed by atoms with E-state index >= 15 is 0 Å². The van der Waals surface area contributed by atoms with Crippen molar-refractivity contribution in [1.82, 2.24) is 4.90 Å². The highest BCUT2D eigenvalue weighted by atomic mass is 127. The lowest BCUT2D eigenvalue weighted by atomic mass is 10.0. The highest BCUT2D eigenvalue weighted by Gasteiger charge is 2.34. The Bertz CT molecular complexity index is 162. The minimum atomic E-state index is -0.123. The predicted molar refractivity (Wildman–Crippen MR) is 60.4 cm³/mol. The van der Waals surface area contributed by atoms with Crippen LogP contribution in [0.3, 0.4) is 0 Å². The lowest BCUT2D eigenvalue weighted by Crippen LogP contribution is -2.53. The number of amides is 1. The van der Waals surface area contributed by atoms with Gasteiger partial charge in [0.1, 0.15) is 0 Å². The predicted octanol–water partition coefficient (Wildman–Crippen LogP) is 2.80. The van der Waals surface area contributed by atoms with Gasteiger partial charge in [0.05, 0.1) is 3.55 Å². The van der Waals surface area contributed by atoms with Crippen molar-refractivity contribution in [2.45, 2.75) is 50.6 Å². The monoisotopic (exact) mass is 283 g/mol. The van der Waals surface area contributed by atoms with Crippen molar-refractivity contribution in [1.29, 1.82) is 0 Å². The van der Waals surface area contributed by atoms with Gasteiger partial charge in [-0.1, -0.05) is 22.6 Å². The summed E-state index contributed by atoms with van der Waals surface area (Å²) in [6.07, 6.45) is 0. The second-order valence-electron chi connectivity index (χ2n) is 4.43. The van der Waals surface area contributed by atoms with E-state index in [-0.39, 0.29) is 15.0 Å². The van der Waals surface area contributed by atoms with Crippen LogP contribution in [0.15, 0.2) is 0 Å². The van der Waals surface area contributed by atoms with Gasteiger partial charge in [-0.05, 0) is 34.6 Å². The van der Waals surface area contributed by atoms with Gasteiger partial charge in [-0.3, -0.25) is 4.79 Å². The van der Waals surface area contributed by atoms with E-state index < -0.39 is 0 Å². The first-order valence-corrected chi connectivity index (χ1v) is 5.14. The Labute approximate surface area is 88.8 Å². The van der Waals surface area contributed by atoms with Crippen LogP contribution in [-0.2, 0) is 4.79 Å². The second kappa shape index (κ2) is 3.52. The number of nitrogens with zero attached hydrogens (tertiary/aromatic N) is 1. The summed E-state index contributed by atoms with van der Waals surface area (Å²) in [5.41, 5.74) is -0.101. The highest BCUT2D eigenvalue weighted by Crippen LogP contribution is 2.30. The summed E-state index contributed by atoms with van der Waals surface area (Å²) in [4.78, 5) is 13.2. The summed E-state index contributed by atoms with van der Waals surface area (Å²) in [6, 6.07) is 0. The molecule has 0 saturated heterocycles. The minimum absolute atomic E-state index is 0.101. The largest absolute Gasteiger partial charge is 0.324 e. The smallest absolute Gasteiger partial charge is 0.220 e. The van der Waals surface area contributed by atoms with Crippen molar-refractivity contribution >= 4 is 28.5 Å². The molecule has 0 aliphatic rings. The zero-order chi connectivity index (χ0) is 10.2. The first-order chi connectivity index (χ1) is 5.07. The lowest BCUT2D eigenvalue weighted by Gasteiger charge is -2.43. The first-order valence-electron chi connectivity index (χ1n) is 4.06. The molecule has 0 aromatic heterocycles. The number of hydrogen-bond acceptors (Lipinski definition) is 1. The molecule has 0 heterocycles. The Hall–Kier alpha value is 0.200. The average molecular weight is 283 g/mol. The van der Waals surface area contributed by atoms with Crippen molar-refractivity contribution in [3.05, 3.63) is 0 Å². The molecular weight excluding hydrogens is 265 g/mol. The van der Waals surface area contributed by atoms with Crippen LogP contribution in [0.1, 0.15) is 41.5 Å². The van der Waals surface area contributed by atoms with Gasteiger partial charge in [0, 0.05) is 12.5 Å². The normalized spacial score (nSPS) is 12.9. The summed E-state index contributed by atoms with van der Waals surface area (Å²) in [7, 11) is 0. The molecule has 0 atom stereocenters. The quantitative estimate of drug-likeness (QED) is 0.411. The number of hydrogen-bond donors (Lipinski definition) is 0. The molecule has 0 aromatic carbocycles. The Morgan fingerprint density at radius 1 is 1.17 bits per heavy atom. The fourth-order valence-electron chi connectivity index (χ4n) is 1.64. The zero-order valence-electron chi connectivity index (χ0n) is 8.73. The summed E-state index contributed by atoms with van der Waals surface area (Å²) in [5.74, 6) is 0.127. The van der Waals surface area contributed by atoms with Crippen LogP contribution in [0, 0.1) is 0 Å². The van der Waals surface area contributed by atoms with Crippen LogP contribution in [0.4, 0.5) is 0 Å². The summed E-state index contributed by atoms with van der Waals surface area (Å²) in [5, 5.41) is 0. The number of alkyl halides is 1. The fraction of sp³-hybridized carbons (Fsp3) is 0.889. The Kier molecular flexibility index (Phi) is 3.58.